The number of benzene rings is 1. The first-order valence-corrected chi connectivity index (χ1v) is 7.70. The summed E-state index contributed by atoms with van der Waals surface area (Å²) in [6, 6.07) is 6.76. The Morgan fingerprint density at radius 2 is 1.86 bits per heavy atom. The van der Waals surface area contributed by atoms with Crippen LogP contribution in [0.4, 0.5) is 0 Å². The summed E-state index contributed by atoms with van der Waals surface area (Å²) in [6.45, 7) is 1.98. The standard InChI is InChI=1S/C16H21ClN2O2/c1-11(16(21)12-6-8-13(17)9-7-12)19(10-15(18)20)14-4-2-3-5-14/h6-9,11,14H,2-5,10H2,1H3,(H2,18,20). The Morgan fingerprint density at radius 3 is 2.38 bits per heavy atom. The topological polar surface area (TPSA) is 63.4 Å². The van der Waals surface area contributed by atoms with Gasteiger partial charge in [-0.25, -0.2) is 0 Å². The molecular formula is C16H21ClN2O2. The molecule has 1 atom stereocenters. The number of hydrogen-bond acceptors (Lipinski definition) is 3. The zero-order chi connectivity index (χ0) is 15.4. The minimum atomic E-state index is -0.391. The molecular weight excluding hydrogens is 288 g/mol. The van der Waals surface area contributed by atoms with Gasteiger partial charge in [-0.2, -0.15) is 0 Å². The van der Waals surface area contributed by atoms with Crippen molar-refractivity contribution in [3.05, 3.63) is 34.9 Å². The summed E-state index contributed by atoms with van der Waals surface area (Å²) in [6.07, 6.45) is 4.32. The molecule has 1 fully saturated rings. The van der Waals surface area contributed by atoms with Gasteiger partial charge >= 0.3 is 0 Å². The smallest absolute Gasteiger partial charge is 0.231 e. The summed E-state index contributed by atoms with van der Waals surface area (Å²) in [7, 11) is 0. The summed E-state index contributed by atoms with van der Waals surface area (Å²) < 4.78 is 0. The highest BCUT2D eigenvalue weighted by atomic mass is 35.5. The predicted molar refractivity (Wildman–Crippen MR) is 83.4 cm³/mol. The van der Waals surface area contributed by atoms with Gasteiger partial charge in [0.1, 0.15) is 0 Å². The van der Waals surface area contributed by atoms with Crippen LogP contribution in [0, 0.1) is 0 Å². The number of nitrogens with two attached hydrogens (primary N) is 1. The molecule has 0 aliphatic heterocycles. The quantitative estimate of drug-likeness (QED) is 0.822. The van der Waals surface area contributed by atoms with Crippen LogP contribution in [-0.2, 0) is 4.79 Å². The number of Topliss-reactive ketones (excluding diaryl/α,β-unsaturated/α-hetero) is 1. The molecule has 0 saturated heterocycles. The third-order valence-electron chi connectivity index (χ3n) is 4.14. The number of nitrogens with zero attached hydrogens (tertiary/aromatic N) is 1. The molecule has 1 amide bonds. The first-order valence-electron chi connectivity index (χ1n) is 7.33. The molecule has 0 spiro atoms. The molecule has 1 aliphatic carbocycles. The van der Waals surface area contributed by atoms with E-state index in [0.29, 0.717) is 10.6 Å². The maximum absolute atomic E-state index is 12.6. The largest absolute Gasteiger partial charge is 0.369 e. The molecule has 0 heterocycles. The number of carbonyl (C=O) groups excluding carboxylic acids is 2. The van der Waals surface area contributed by atoms with Gasteiger partial charge < -0.3 is 5.73 Å². The lowest BCUT2D eigenvalue weighted by Crippen LogP contribution is -2.48. The van der Waals surface area contributed by atoms with E-state index in [1.54, 1.807) is 24.3 Å². The fourth-order valence-corrected chi connectivity index (χ4v) is 3.13. The van der Waals surface area contributed by atoms with Crippen molar-refractivity contribution in [2.75, 3.05) is 6.54 Å². The fourth-order valence-electron chi connectivity index (χ4n) is 3.00. The van der Waals surface area contributed by atoms with Gasteiger partial charge in [-0.15, -0.1) is 0 Å². The SMILES string of the molecule is CC(C(=O)c1ccc(Cl)cc1)N(CC(N)=O)C1CCCC1. The van der Waals surface area contributed by atoms with Crippen molar-refractivity contribution < 1.29 is 9.59 Å². The molecule has 1 aromatic carbocycles. The molecule has 2 rings (SSSR count). The second-order valence-electron chi connectivity index (χ2n) is 5.62. The van der Waals surface area contributed by atoms with Crippen molar-refractivity contribution in [3.8, 4) is 0 Å². The van der Waals surface area contributed by atoms with E-state index in [1.165, 1.54) is 0 Å². The first-order chi connectivity index (χ1) is 9.99. The molecule has 2 N–H and O–H groups in total. The molecule has 1 unspecified atom stereocenters. The van der Waals surface area contributed by atoms with Crippen LogP contribution in [0.5, 0.6) is 0 Å². The van der Waals surface area contributed by atoms with Gasteiger partial charge in [-0.05, 0) is 44.0 Å². The van der Waals surface area contributed by atoms with Gasteiger partial charge in [0.2, 0.25) is 5.91 Å². The van der Waals surface area contributed by atoms with Crippen molar-refractivity contribution >= 4 is 23.3 Å². The molecule has 0 aromatic heterocycles. The van der Waals surface area contributed by atoms with Crippen LogP contribution in [-0.4, -0.2) is 35.2 Å². The van der Waals surface area contributed by atoms with Crippen LogP contribution in [0.25, 0.3) is 0 Å². The number of hydrogen-bond donors (Lipinski definition) is 1. The van der Waals surface area contributed by atoms with E-state index in [1.807, 2.05) is 11.8 Å². The molecule has 1 saturated carbocycles. The zero-order valence-electron chi connectivity index (χ0n) is 12.2. The predicted octanol–water partition coefficient (Wildman–Crippen LogP) is 2.64. The monoisotopic (exact) mass is 308 g/mol. The molecule has 1 aliphatic rings. The lowest BCUT2D eigenvalue weighted by atomic mass is 10.0. The molecule has 114 valence electrons. The van der Waals surface area contributed by atoms with Gasteiger partial charge in [0.05, 0.1) is 12.6 Å². The Bertz CT molecular complexity index is 510. The number of ketones is 1. The Hall–Kier alpha value is -1.39. The highest BCUT2D eigenvalue weighted by molar-refractivity contribution is 6.30. The van der Waals surface area contributed by atoms with Crippen LogP contribution in [0.2, 0.25) is 5.02 Å². The van der Waals surface area contributed by atoms with Gasteiger partial charge in [-0.3, -0.25) is 14.5 Å². The molecule has 0 radical (unpaired) electrons. The van der Waals surface area contributed by atoms with E-state index in [4.69, 9.17) is 17.3 Å². The van der Waals surface area contributed by atoms with E-state index < -0.39 is 5.91 Å². The highest BCUT2D eigenvalue weighted by Crippen LogP contribution is 2.26. The number of halogens is 1. The van der Waals surface area contributed by atoms with Crippen LogP contribution in [0.3, 0.4) is 0 Å². The van der Waals surface area contributed by atoms with E-state index in [0.717, 1.165) is 25.7 Å². The van der Waals surface area contributed by atoms with Crippen molar-refractivity contribution in [1.29, 1.82) is 0 Å². The number of carbonyl (C=O) groups is 2. The fraction of sp³-hybridized carbons (Fsp3) is 0.500. The van der Waals surface area contributed by atoms with E-state index in [9.17, 15) is 9.59 Å². The maximum atomic E-state index is 12.6. The number of primary amides is 1. The maximum Gasteiger partial charge on any atom is 0.231 e. The summed E-state index contributed by atoms with van der Waals surface area (Å²) in [5.41, 5.74) is 5.96. The van der Waals surface area contributed by atoms with Crippen molar-refractivity contribution in [1.82, 2.24) is 4.90 Å². The highest BCUT2D eigenvalue weighted by Gasteiger charge is 2.31. The summed E-state index contributed by atoms with van der Waals surface area (Å²) in [5.74, 6) is -0.391. The molecule has 4 nitrogen and oxygen atoms in total. The average Bonchev–Trinajstić information content (AvgIpc) is 2.98. The van der Waals surface area contributed by atoms with E-state index in [2.05, 4.69) is 0 Å². The lowest BCUT2D eigenvalue weighted by Gasteiger charge is -2.32. The third kappa shape index (κ3) is 4.05. The van der Waals surface area contributed by atoms with Crippen molar-refractivity contribution in [2.24, 2.45) is 5.73 Å². The average molecular weight is 309 g/mol. The van der Waals surface area contributed by atoms with Gasteiger partial charge in [0.25, 0.3) is 0 Å². The van der Waals surface area contributed by atoms with Gasteiger partial charge in [-0.1, -0.05) is 24.4 Å². The Morgan fingerprint density at radius 1 is 1.29 bits per heavy atom. The van der Waals surface area contributed by atoms with Gasteiger partial charge in [0.15, 0.2) is 5.78 Å². The molecule has 5 heteroatoms. The van der Waals surface area contributed by atoms with Crippen LogP contribution < -0.4 is 5.73 Å². The van der Waals surface area contributed by atoms with Crippen LogP contribution in [0.15, 0.2) is 24.3 Å². The molecule has 21 heavy (non-hydrogen) atoms. The summed E-state index contributed by atoms with van der Waals surface area (Å²) in [5, 5.41) is 0.601. The van der Waals surface area contributed by atoms with Crippen LogP contribution >= 0.6 is 11.6 Å². The van der Waals surface area contributed by atoms with Crippen molar-refractivity contribution in [3.63, 3.8) is 0 Å². The van der Waals surface area contributed by atoms with E-state index in [-0.39, 0.29) is 24.4 Å². The first kappa shape index (κ1) is 16.0. The Balaban J connectivity index is 2.15. The number of amides is 1. The second-order valence-corrected chi connectivity index (χ2v) is 6.06. The summed E-state index contributed by atoms with van der Waals surface area (Å²) in [4.78, 5) is 25.9. The number of rotatable bonds is 6. The van der Waals surface area contributed by atoms with E-state index >= 15 is 0 Å². The Labute approximate surface area is 130 Å². The molecule has 0 bridgehead atoms. The minimum Gasteiger partial charge on any atom is -0.369 e. The lowest BCUT2D eigenvalue weighted by molar-refractivity contribution is -0.120. The minimum absolute atomic E-state index is 0.000170. The summed E-state index contributed by atoms with van der Waals surface area (Å²) >= 11 is 5.85. The second kappa shape index (κ2) is 7.05. The normalized spacial score (nSPS) is 17.1. The third-order valence-corrected chi connectivity index (χ3v) is 4.39. The zero-order valence-corrected chi connectivity index (χ0v) is 13.0. The molecule has 1 aromatic rings. The van der Waals surface area contributed by atoms with Gasteiger partial charge in [0, 0.05) is 16.6 Å². The van der Waals surface area contributed by atoms with Crippen molar-refractivity contribution in [2.45, 2.75) is 44.7 Å². The Kier molecular flexibility index (Phi) is 5.37. The van der Waals surface area contributed by atoms with Crippen LogP contribution in [0.1, 0.15) is 43.0 Å².